The van der Waals surface area contributed by atoms with Crippen molar-refractivity contribution in [1.82, 2.24) is 0 Å². The van der Waals surface area contributed by atoms with E-state index in [4.69, 9.17) is 0 Å². The Kier molecular flexibility index (Phi) is 22.3. The molecular formula is C58H74N8O8. The van der Waals surface area contributed by atoms with E-state index in [0.29, 0.717) is 74.6 Å². The van der Waals surface area contributed by atoms with Gasteiger partial charge in [-0.05, 0) is 117 Å². The van der Waals surface area contributed by atoms with Gasteiger partial charge in [-0.15, -0.1) is 0 Å². The first-order chi connectivity index (χ1) is 35.8. The Hall–Kier alpha value is -7.88. The van der Waals surface area contributed by atoms with Crippen LogP contribution in [0.25, 0.3) is 0 Å². The molecule has 5 aromatic rings. The monoisotopic (exact) mass is 1010 g/mol. The quantitative estimate of drug-likeness (QED) is 0.0552. The highest BCUT2D eigenvalue weighted by Gasteiger charge is 2.31. The molecule has 2 N–H and O–H groups in total. The number of rotatable bonds is 26. The van der Waals surface area contributed by atoms with Crippen molar-refractivity contribution >= 4 is 81.6 Å². The molecule has 0 radical (unpaired) electrons. The van der Waals surface area contributed by atoms with Gasteiger partial charge in [0.05, 0.1) is 12.8 Å². The van der Waals surface area contributed by atoms with Crippen molar-refractivity contribution in [2.75, 3.05) is 91.6 Å². The molecule has 74 heavy (non-hydrogen) atoms. The lowest BCUT2D eigenvalue weighted by Crippen LogP contribution is -2.46. The molecule has 0 fully saturated rings. The first-order valence-electron chi connectivity index (χ1n) is 26.0. The van der Waals surface area contributed by atoms with Crippen LogP contribution in [0.1, 0.15) is 92.9 Å². The second-order valence-corrected chi connectivity index (χ2v) is 17.9. The van der Waals surface area contributed by atoms with E-state index in [1.165, 1.54) is 9.80 Å². The maximum atomic E-state index is 15.1. The van der Waals surface area contributed by atoms with Gasteiger partial charge in [0.15, 0.2) is 0 Å². The molecule has 16 nitrogen and oxygen atoms in total. The molecule has 8 amide bonds. The highest BCUT2D eigenvalue weighted by Crippen LogP contribution is 2.32. The molecule has 0 aromatic heterocycles. The molecule has 0 saturated heterocycles. The summed E-state index contributed by atoms with van der Waals surface area (Å²) in [5, 5.41) is 19.9. The first kappa shape index (κ1) is 57.0. The summed E-state index contributed by atoms with van der Waals surface area (Å²) in [5.74, 6) is -2.25. The fourth-order valence-corrected chi connectivity index (χ4v) is 8.72. The van der Waals surface area contributed by atoms with E-state index < -0.39 is 36.8 Å². The van der Waals surface area contributed by atoms with Gasteiger partial charge >= 0.3 is 36.1 Å². The number of para-hydroxylation sites is 2. The molecule has 5 rings (SSSR count). The number of amides is 8. The maximum Gasteiger partial charge on any atom is 0.328 e. The number of carbonyl (C=O) groups excluding carboxylic acids is 4. The number of hydrogen-bond acceptors (Lipinski definition) is 6. The van der Waals surface area contributed by atoms with Crippen LogP contribution in [-0.4, -0.2) is 98.6 Å². The van der Waals surface area contributed by atoms with Crippen molar-refractivity contribution in [3.05, 3.63) is 133 Å². The fraction of sp³-hybridized carbons (Fsp3) is 0.379. The summed E-state index contributed by atoms with van der Waals surface area (Å²) in [6.07, 6.45) is 3.09. The largest absolute Gasteiger partial charge is 0.481 e. The van der Waals surface area contributed by atoms with E-state index in [9.17, 15) is 29.4 Å². The predicted molar refractivity (Wildman–Crippen MR) is 299 cm³/mol. The molecule has 0 aliphatic carbocycles. The van der Waals surface area contributed by atoms with Gasteiger partial charge in [-0.3, -0.25) is 48.8 Å². The smallest absolute Gasteiger partial charge is 0.328 e. The van der Waals surface area contributed by atoms with Gasteiger partial charge < -0.3 is 10.2 Å². The summed E-state index contributed by atoms with van der Waals surface area (Å²) in [4.78, 5) is 96.1. The zero-order valence-corrected chi connectivity index (χ0v) is 43.9. The Morgan fingerprint density at radius 3 is 0.676 bits per heavy atom. The van der Waals surface area contributed by atoms with Crippen LogP contribution in [0.3, 0.4) is 0 Å². The number of nitrogens with zero attached hydrogens (tertiary/aromatic N) is 8. The van der Waals surface area contributed by atoms with E-state index in [2.05, 4.69) is 0 Å². The molecule has 0 aliphatic rings. The number of aliphatic carboxylic acids is 2. The Bertz CT molecular complexity index is 2440. The van der Waals surface area contributed by atoms with E-state index in [1.54, 1.807) is 90.1 Å². The highest BCUT2D eigenvalue weighted by molar-refractivity contribution is 6.09. The standard InChI is InChI=1S/C58H74N8O8/c1-7-34-59(45-22-15-13-16-23-45)55(71)61(36-9-3)47-26-19-28-49(42-47)63(38-11-5)57(73)65(40-32-53(67)68)51-30-21-31-52(44-51)66(41-33-54(69)70)58(74)64(39-12-6)50-29-20-27-48(43-50)62(37-10-4)56(72)60(35-8-2)46-24-17-14-18-25-46/h13-31,42-44H,7-12,32-41H2,1-6H3,(H,67,68)(H,69,70). The Labute approximate surface area is 437 Å². The highest BCUT2D eigenvalue weighted by atomic mass is 16.4. The minimum Gasteiger partial charge on any atom is -0.481 e. The van der Waals surface area contributed by atoms with Crippen LogP contribution in [0.2, 0.25) is 0 Å². The summed E-state index contributed by atoms with van der Waals surface area (Å²) < 4.78 is 0. The van der Waals surface area contributed by atoms with Crippen molar-refractivity contribution in [1.29, 1.82) is 0 Å². The van der Waals surface area contributed by atoms with Crippen molar-refractivity contribution in [3.63, 3.8) is 0 Å². The minimum atomic E-state index is -1.13. The SMILES string of the molecule is CCCN(C(=O)N(CCC)c1cccc(N(CCC)C(=O)N(CCC(=O)O)c2cccc(N(CCC(=O)O)C(=O)N(CCC)c3cccc(N(CCC)C(=O)N(CCC)c4ccccc4)c3)c2)c1)c1ccccc1. The van der Waals surface area contributed by atoms with E-state index in [-0.39, 0.29) is 49.6 Å². The average Bonchev–Trinajstić information content (AvgIpc) is 3.41. The van der Waals surface area contributed by atoms with Gasteiger partial charge in [-0.1, -0.05) is 96.1 Å². The van der Waals surface area contributed by atoms with Crippen molar-refractivity contribution in [2.24, 2.45) is 0 Å². The third-order valence-corrected chi connectivity index (χ3v) is 12.1. The third kappa shape index (κ3) is 15.1. The van der Waals surface area contributed by atoms with Crippen LogP contribution >= 0.6 is 0 Å². The zero-order valence-electron chi connectivity index (χ0n) is 43.9. The molecule has 0 heterocycles. The van der Waals surface area contributed by atoms with Gasteiger partial charge in [0.2, 0.25) is 0 Å². The average molecular weight is 1010 g/mol. The van der Waals surface area contributed by atoms with Crippen LogP contribution in [0.4, 0.5) is 64.7 Å². The number of carboxylic acid groups (broad SMARTS) is 2. The van der Waals surface area contributed by atoms with Gasteiger partial charge in [0.1, 0.15) is 0 Å². The molecule has 16 heteroatoms. The molecule has 0 atom stereocenters. The van der Waals surface area contributed by atoms with Crippen molar-refractivity contribution in [3.8, 4) is 0 Å². The number of urea groups is 4. The lowest BCUT2D eigenvalue weighted by atomic mass is 10.2. The van der Waals surface area contributed by atoms with Crippen molar-refractivity contribution < 1.29 is 39.0 Å². The van der Waals surface area contributed by atoms with Crippen LogP contribution in [0.5, 0.6) is 0 Å². The van der Waals surface area contributed by atoms with Crippen LogP contribution in [0, 0.1) is 0 Å². The van der Waals surface area contributed by atoms with E-state index in [1.807, 2.05) is 114 Å². The van der Waals surface area contributed by atoms with Gasteiger partial charge in [-0.25, -0.2) is 19.2 Å². The lowest BCUT2D eigenvalue weighted by molar-refractivity contribution is -0.137. The van der Waals surface area contributed by atoms with E-state index in [0.717, 1.165) is 24.2 Å². The van der Waals surface area contributed by atoms with Gasteiger partial charge in [-0.2, -0.15) is 0 Å². The summed E-state index contributed by atoms with van der Waals surface area (Å²) in [6.45, 7) is 13.7. The molecule has 0 unspecified atom stereocenters. The molecule has 0 bridgehead atoms. The Morgan fingerprint density at radius 2 is 0.473 bits per heavy atom. The Balaban J connectivity index is 1.54. The number of carbonyl (C=O) groups is 6. The molecule has 0 spiro atoms. The van der Waals surface area contributed by atoms with Gasteiger partial charge in [0.25, 0.3) is 0 Å². The number of anilines is 8. The number of benzene rings is 5. The number of hydrogen-bond donors (Lipinski definition) is 2. The van der Waals surface area contributed by atoms with Crippen molar-refractivity contribution in [2.45, 2.75) is 92.9 Å². The second kappa shape index (κ2) is 29.0. The van der Waals surface area contributed by atoms with Crippen LogP contribution in [0.15, 0.2) is 133 Å². The van der Waals surface area contributed by atoms with Gasteiger partial charge in [0, 0.05) is 97.9 Å². The molecular weight excluding hydrogens is 937 g/mol. The zero-order chi connectivity index (χ0) is 53.6. The topological polar surface area (TPSA) is 169 Å². The normalized spacial score (nSPS) is 10.8. The molecule has 0 saturated carbocycles. The molecule has 0 aliphatic heterocycles. The van der Waals surface area contributed by atoms with Crippen LogP contribution in [-0.2, 0) is 9.59 Å². The third-order valence-electron chi connectivity index (χ3n) is 12.1. The second-order valence-electron chi connectivity index (χ2n) is 17.9. The maximum absolute atomic E-state index is 15.1. The predicted octanol–water partition coefficient (Wildman–Crippen LogP) is 12.8. The summed E-state index contributed by atoms with van der Waals surface area (Å²) in [5.41, 5.74) is 4.28. The molecule has 5 aromatic carbocycles. The minimum absolute atomic E-state index is 0.205. The summed E-state index contributed by atoms with van der Waals surface area (Å²) in [7, 11) is 0. The van der Waals surface area contributed by atoms with E-state index >= 15 is 9.59 Å². The molecule has 394 valence electrons. The number of carboxylic acids is 2. The first-order valence-corrected chi connectivity index (χ1v) is 26.0. The summed E-state index contributed by atoms with van der Waals surface area (Å²) in [6, 6.07) is 38.5. The van der Waals surface area contributed by atoms with Crippen LogP contribution < -0.4 is 39.2 Å². The Morgan fingerprint density at radius 1 is 0.284 bits per heavy atom. The lowest BCUT2D eigenvalue weighted by Gasteiger charge is -2.34. The summed E-state index contributed by atoms with van der Waals surface area (Å²) >= 11 is 0. The fourth-order valence-electron chi connectivity index (χ4n) is 8.72.